The number of hydrogen-bond donors (Lipinski definition) is 2. The minimum atomic E-state index is -0.213. The summed E-state index contributed by atoms with van der Waals surface area (Å²) in [6.45, 7) is 1.98. The molecule has 0 saturated heterocycles. The van der Waals surface area contributed by atoms with Crippen molar-refractivity contribution in [3.63, 3.8) is 0 Å². The van der Waals surface area contributed by atoms with E-state index in [0.29, 0.717) is 10.7 Å². The normalized spacial score (nSPS) is 23.1. The molecule has 0 aliphatic heterocycles. The number of nitrogens with one attached hydrogen (secondary N) is 1. The molecule has 19 heavy (non-hydrogen) atoms. The molecule has 104 valence electrons. The Morgan fingerprint density at radius 2 is 2.11 bits per heavy atom. The number of nitrogens with zero attached hydrogens (tertiary/aromatic N) is 1. The van der Waals surface area contributed by atoms with Crippen LogP contribution in [0.25, 0.3) is 0 Å². The Morgan fingerprint density at radius 1 is 1.42 bits per heavy atom. The van der Waals surface area contributed by atoms with E-state index < -0.39 is 0 Å². The number of amides is 1. The highest BCUT2D eigenvalue weighted by Crippen LogP contribution is 2.19. The van der Waals surface area contributed by atoms with E-state index in [1.807, 2.05) is 6.92 Å². The third kappa shape index (κ3) is 3.91. The van der Waals surface area contributed by atoms with Crippen LogP contribution in [0, 0.1) is 0 Å². The SMILES string of the molecule is CCc1cc(C(=O)NC2CCC(O)CC2)cc(Cl)n1. The lowest BCUT2D eigenvalue weighted by Gasteiger charge is -2.26. The van der Waals surface area contributed by atoms with Gasteiger partial charge in [0.2, 0.25) is 0 Å². The van der Waals surface area contributed by atoms with Gasteiger partial charge < -0.3 is 10.4 Å². The van der Waals surface area contributed by atoms with Crippen LogP contribution in [-0.2, 0) is 6.42 Å². The minimum absolute atomic E-state index is 0.111. The summed E-state index contributed by atoms with van der Waals surface area (Å²) in [6, 6.07) is 3.51. The van der Waals surface area contributed by atoms with Gasteiger partial charge in [-0.2, -0.15) is 0 Å². The summed E-state index contributed by atoms with van der Waals surface area (Å²) in [7, 11) is 0. The van der Waals surface area contributed by atoms with Crippen LogP contribution in [0.1, 0.15) is 48.7 Å². The standard InChI is InChI=1S/C14H19ClN2O2/c1-2-10-7-9(8-13(15)16-10)14(19)17-11-3-5-12(18)6-4-11/h7-8,11-12,18H,2-6H2,1H3,(H,17,19). The summed E-state index contributed by atoms with van der Waals surface area (Å²) in [5.74, 6) is -0.111. The Balaban J connectivity index is 2.01. The second kappa shape index (κ2) is 6.35. The fourth-order valence-corrected chi connectivity index (χ4v) is 2.58. The fraction of sp³-hybridized carbons (Fsp3) is 0.571. The van der Waals surface area contributed by atoms with Crippen LogP contribution in [0.15, 0.2) is 12.1 Å². The van der Waals surface area contributed by atoms with Crippen molar-refractivity contribution in [2.45, 2.75) is 51.2 Å². The summed E-state index contributed by atoms with van der Waals surface area (Å²) in [5.41, 5.74) is 1.37. The van der Waals surface area contributed by atoms with Gasteiger partial charge in [-0.15, -0.1) is 0 Å². The first-order chi connectivity index (χ1) is 9.08. The number of halogens is 1. The number of carbonyl (C=O) groups is 1. The molecule has 1 aromatic rings. The van der Waals surface area contributed by atoms with Gasteiger partial charge in [-0.05, 0) is 44.2 Å². The lowest BCUT2D eigenvalue weighted by atomic mass is 9.93. The largest absolute Gasteiger partial charge is 0.393 e. The monoisotopic (exact) mass is 282 g/mol. The predicted octanol–water partition coefficient (Wildman–Crippen LogP) is 2.33. The molecule has 1 aliphatic carbocycles. The van der Waals surface area contributed by atoms with E-state index in [1.165, 1.54) is 0 Å². The zero-order valence-corrected chi connectivity index (χ0v) is 11.8. The van der Waals surface area contributed by atoms with Crippen molar-refractivity contribution in [3.8, 4) is 0 Å². The molecular weight excluding hydrogens is 264 g/mol. The Kier molecular flexibility index (Phi) is 4.77. The van der Waals surface area contributed by atoms with E-state index in [1.54, 1.807) is 12.1 Å². The van der Waals surface area contributed by atoms with Gasteiger partial charge in [-0.3, -0.25) is 4.79 Å². The summed E-state index contributed by atoms with van der Waals surface area (Å²) < 4.78 is 0. The van der Waals surface area contributed by atoms with Crippen LogP contribution in [-0.4, -0.2) is 28.1 Å². The van der Waals surface area contributed by atoms with Crippen molar-refractivity contribution in [2.24, 2.45) is 0 Å². The van der Waals surface area contributed by atoms with E-state index in [-0.39, 0.29) is 18.1 Å². The number of hydrogen-bond acceptors (Lipinski definition) is 3. The molecule has 5 heteroatoms. The number of aryl methyl sites for hydroxylation is 1. The number of aliphatic hydroxyl groups is 1. The number of rotatable bonds is 3. The second-order valence-electron chi connectivity index (χ2n) is 5.00. The first-order valence-corrected chi connectivity index (χ1v) is 7.11. The van der Waals surface area contributed by atoms with Crippen LogP contribution in [0.2, 0.25) is 5.15 Å². The highest BCUT2D eigenvalue weighted by Gasteiger charge is 2.21. The summed E-state index contributed by atoms with van der Waals surface area (Å²) in [5, 5.41) is 12.8. The summed E-state index contributed by atoms with van der Waals surface area (Å²) >= 11 is 5.91. The molecule has 2 N–H and O–H groups in total. The molecule has 4 nitrogen and oxygen atoms in total. The van der Waals surface area contributed by atoms with E-state index in [4.69, 9.17) is 11.6 Å². The van der Waals surface area contributed by atoms with Gasteiger partial charge in [-0.1, -0.05) is 18.5 Å². The van der Waals surface area contributed by atoms with Crippen molar-refractivity contribution in [2.75, 3.05) is 0 Å². The molecule has 2 rings (SSSR count). The van der Waals surface area contributed by atoms with Crippen molar-refractivity contribution >= 4 is 17.5 Å². The third-order valence-corrected chi connectivity index (χ3v) is 3.70. The van der Waals surface area contributed by atoms with Gasteiger partial charge in [0.1, 0.15) is 5.15 Å². The average Bonchev–Trinajstić information content (AvgIpc) is 2.40. The number of aromatic nitrogens is 1. The fourth-order valence-electron chi connectivity index (χ4n) is 2.35. The molecule has 1 fully saturated rings. The predicted molar refractivity (Wildman–Crippen MR) is 74.4 cm³/mol. The molecule has 0 bridgehead atoms. The Hall–Kier alpha value is -1.13. The lowest BCUT2D eigenvalue weighted by molar-refractivity contribution is 0.0867. The van der Waals surface area contributed by atoms with E-state index in [2.05, 4.69) is 10.3 Å². The summed E-state index contributed by atoms with van der Waals surface area (Å²) in [6.07, 6.45) is 3.69. The average molecular weight is 283 g/mol. The first kappa shape index (κ1) is 14.3. The van der Waals surface area contributed by atoms with Crippen molar-refractivity contribution in [1.29, 1.82) is 0 Å². The first-order valence-electron chi connectivity index (χ1n) is 6.74. The van der Waals surface area contributed by atoms with E-state index in [0.717, 1.165) is 37.8 Å². The van der Waals surface area contributed by atoms with Crippen LogP contribution in [0.5, 0.6) is 0 Å². The summed E-state index contributed by atoms with van der Waals surface area (Å²) in [4.78, 5) is 16.3. The molecule has 0 spiro atoms. The molecular formula is C14H19ClN2O2. The second-order valence-corrected chi connectivity index (χ2v) is 5.39. The van der Waals surface area contributed by atoms with E-state index in [9.17, 15) is 9.90 Å². The molecule has 1 aliphatic rings. The maximum atomic E-state index is 12.2. The third-order valence-electron chi connectivity index (χ3n) is 3.50. The van der Waals surface area contributed by atoms with Gasteiger partial charge in [-0.25, -0.2) is 4.98 Å². The van der Waals surface area contributed by atoms with Gasteiger partial charge in [0.25, 0.3) is 5.91 Å². The Bertz CT molecular complexity index is 457. The maximum Gasteiger partial charge on any atom is 0.251 e. The quantitative estimate of drug-likeness (QED) is 0.837. The maximum absolute atomic E-state index is 12.2. The molecule has 0 atom stereocenters. The van der Waals surface area contributed by atoms with Crippen molar-refractivity contribution in [3.05, 3.63) is 28.5 Å². The topological polar surface area (TPSA) is 62.2 Å². The van der Waals surface area contributed by atoms with Crippen molar-refractivity contribution < 1.29 is 9.90 Å². The number of aliphatic hydroxyl groups excluding tert-OH is 1. The Labute approximate surface area is 118 Å². The number of carbonyl (C=O) groups excluding carboxylic acids is 1. The molecule has 1 saturated carbocycles. The highest BCUT2D eigenvalue weighted by atomic mass is 35.5. The van der Waals surface area contributed by atoms with Gasteiger partial charge in [0, 0.05) is 17.3 Å². The molecule has 1 aromatic heterocycles. The molecule has 0 aromatic carbocycles. The molecule has 0 unspecified atom stereocenters. The molecule has 0 radical (unpaired) electrons. The molecule has 1 amide bonds. The Morgan fingerprint density at radius 3 is 2.74 bits per heavy atom. The van der Waals surface area contributed by atoms with Crippen LogP contribution < -0.4 is 5.32 Å². The lowest BCUT2D eigenvalue weighted by Crippen LogP contribution is -2.38. The minimum Gasteiger partial charge on any atom is -0.393 e. The van der Waals surface area contributed by atoms with Crippen molar-refractivity contribution in [1.82, 2.24) is 10.3 Å². The zero-order chi connectivity index (χ0) is 13.8. The zero-order valence-electron chi connectivity index (χ0n) is 11.0. The van der Waals surface area contributed by atoms with Gasteiger partial charge in [0.15, 0.2) is 0 Å². The van der Waals surface area contributed by atoms with Gasteiger partial charge >= 0.3 is 0 Å². The van der Waals surface area contributed by atoms with Crippen LogP contribution in [0.3, 0.4) is 0 Å². The van der Waals surface area contributed by atoms with Crippen LogP contribution in [0.4, 0.5) is 0 Å². The highest BCUT2D eigenvalue weighted by molar-refractivity contribution is 6.29. The van der Waals surface area contributed by atoms with Crippen LogP contribution >= 0.6 is 11.6 Å². The molecule has 1 heterocycles. The van der Waals surface area contributed by atoms with E-state index >= 15 is 0 Å². The van der Waals surface area contributed by atoms with Gasteiger partial charge in [0.05, 0.1) is 6.10 Å². The smallest absolute Gasteiger partial charge is 0.251 e. The number of pyridine rings is 1.